The van der Waals surface area contributed by atoms with Gasteiger partial charge in [-0.15, -0.1) is 0 Å². The Bertz CT molecular complexity index is 621. The summed E-state index contributed by atoms with van der Waals surface area (Å²) >= 11 is 0. The van der Waals surface area contributed by atoms with Crippen LogP contribution in [0.2, 0.25) is 0 Å². The first kappa shape index (κ1) is 37.2. The Morgan fingerprint density at radius 1 is 0.475 bits per heavy atom. The lowest BCUT2D eigenvalue weighted by Gasteiger charge is -2.17. The maximum Gasteiger partial charge on any atom is 0.257 e. The van der Waals surface area contributed by atoms with Gasteiger partial charge in [-0.25, -0.2) is 9.55 Å². The number of unbranched alkanes of at least 4 members (excludes halogenated alkanes) is 23. The quantitative estimate of drug-likeness (QED) is 0.0689. The molecule has 0 bridgehead atoms. The van der Waals surface area contributed by atoms with E-state index in [0.717, 1.165) is 0 Å². The fraction of sp³-hybridized carbons (Fsp3) is 0.921. The van der Waals surface area contributed by atoms with E-state index in [0.29, 0.717) is 12.0 Å². The van der Waals surface area contributed by atoms with Crippen LogP contribution in [0.5, 0.6) is 0 Å². The van der Waals surface area contributed by atoms with E-state index in [1.807, 2.05) is 0 Å². The second kappa shape index (κ2) is 28.3. The molecule has 1 aromatic heterocycles. The molecule has 2 nitrogen and oxygen atoms in total. The number of hydrogen-bond donors (Lipinski definition) is 1. The van der Waals surface area contributed by atoms with Gasteiger partial charge in [0.15, 0.2) is 0 Å². The molecule has 0 radical (unpaired) electrons. The molecule has 1 heterocycles. The summed E-state index contributed by atoms with van der Waals surface area (Å²) in [7, 11) is 0. The largest absolute Gasteiger partial charge is 0.257 e. The Balaban J connectivity index is 2.24. The Labute approximate surface area is 253 Å². The molecule has 0 aromatic carbocycles. The normalized spacial score (nSPS) is 13.2. The van der Waals surface area contributed by atoms with Gasteiger partial charge in [0, 0.05) is 0 Å². The first-order chi connectivity index (χ1) is 19.7. The molecule has 1 rings (SSSR count). The molecule has 40 heavy (non-hydrogen) atoms. The summed E-state index contributed by atoms with van der Waals surface area (Å²) in [6, 6.07) is 0.621. The third kappa shape index (κ3) is 20.1. The molecule has 1 N–H and O–H groups in total. The van der Waals surface area contributed by atoms with Crippen LogP contribution in [0.4, 0.5) is 0 Å². The van der Waals surface area contributed by atoms with Crippen LogP contribution < -0.4 is 4.57 Å². The Morgan fingerprint density at radius 2 is 0.800 bits per heavy atom. The molecule has 2 unspecified atom stereocenters. The first-order valence-electron chi connectivity index (χ1n) is 18.8. The maximum atomic E-state index is 3.71. The lowest BCUT2D eigenvalue weighted by atomic mass is 9.93. The van der Waals surface area contributed by atoms with E-state index < -0.39 is 0 Å². The van der Waals surface area contributed by atoms with Crippen molar-refractivity contribution in [1.82, 2.24) is 4.98 Å². The summed E-state index contributed by atoms with van der Waals surface area (Å²) in [5.41, 5.74) is 0. The number of H-pyrrole nitrogens is 1. The van der Waals surface area contributed by atoms with Gasteiger partial charge < -0.3 is 0 Å². The molecule has 0 amide bonds. The third-order valence-corrected chi connectivity index (χ3v) is 9.39. The average Bonchev–Trinajstić information content (AvgIpc) is 3.45. The van der Waals surface area contributed by atoms with Crippen LogP contribution in [-0.4, -0.2) is 4.98 Å². The van der Waals surface area contributed by atoms with Crippen molar-refractivity contribution in [3.05, 3.63) is 18.2 Å². The Hall–Kier alpha value is -0.790. The molecule has 0 aliphatic rings. The van der Waals surface area contributed by atoms with E-state index in [4.69, 9.17) is 0 Å². The van der Waals surface area contributed by atoms with Crippen molar-refractivity contribution in [3.63, 3.8) is 0 Å². The molecule has 0 spiro atoms. The molecule has 0 saturated heterocycles. The molecule has 0 aliphatic heterocycles. The highest BCUT2D eigenvalue weighted by atomic mass is 15.1. The zero-order chi connectivity index (χ0) is 28.9. The molecule has 0 fully saturated rings. The number of aromatic amines is 1. The number of hydrogen-bond acceptors (Lipinski definition) is 0. The molecule has 2 atom stereocenters. The van der Waals surface area contributed by atoms with E-state index in [2.05, 4.69) is 49.6 Å². The summed E-state index contributed by atoms with van der Waals surface area (Å²) in [5.74, 6) is 2.23. The van der Waals surface area contributed by atoms with Crippen molar-refractivity contribution < 1.29 is 4.57 Å². The van der Waals surface area contributed by atoms with Gasteiger partial charge in [0.1, 0.15) is 12.4 Å². The van der Waals surface area contributed by atoms with Crippen molar-refractivity contribution in [2.75, 3.05) is 0 Å². The topological polar surface area (TPSA) is 19.7 Å². The van der Waals surface area contributed by atoms with Crippen LogP contribution in [0.25, 0.3) is 0 Å². The monoisotopic (exact) mass is 560 g/mol. The molecule has 0 aliphatic carbocycles. The SMILES string of the molecule is CCCCCCCCCCCCCCCCCC(CCCCC)c1[nH]cc[n+]1C(C)CCCCCCCCCC. The fourth-order valence-electron chi connectivity index (χ4n) is 6.60. The van der Waals surface area contributed by atoms with Crippen LogP contribution in [0, 0.1) is 0 Å². The zero-order valence-electron chi connectivity index (χ0n) is 28.3. The molecule has 236 valence electrons. The van der Waals surface area contributed by atoms with E-state index in [-0.39, 0.29) is 0 Å². The fourth-order valence-corrected chi connectivity index (χ4v) is 6.60. The van der Waals surface area contributed by atoms with Crippen molar-refractivity contribution in [2.45, 2.75) is 226 Å². The number of nitrogens with zero attached hydrogens (tertiary/aromatic N) is 1. The van der Waals surface area contributed by atoms with Crippen LogP contribution in [-0.2, 0) is 0 Å². The number of rotatable bonds is 31. The summed E-state index contributed by atoms with van der Waals surface area (Å²) in [4.78, 5) is 3.71. The van der Waals surface area contributed by atoms with Gasteiger partial charge >= 0.3 is 0 Å². The van der Waals surface area contributed by atoms with Gasteiger partial charge in [0.2, 0.25) is 0 Å². The second-order valence-electron chi connectivity index (χ2n) is 13.3. The molecule has 2 heteroatoms. The minimum Gasteiger partial charge on any atom is -0.247 e. The van der Waals surface area contributed by atoms with Crippen LogP contribution >= 0.6 is 0 Å². The van der Waals surface area contributed by atoms with Gasteiger partial charge in [0.05, 0.1) is 12.0 Å². The van der Waals surface area contributed by atoms with Crippen LogP contribution in [0.15, 0.2) is 12.4 Å². The highest BCUT2D eigenvalue weighted by Gasteiger charge is 2.25. The highest BCUT2D eigenvalue weighted by Crippen LogP contribution is 2.27. The van der Waals surface area contributed by atoms with Crippen LogP contribution in [0.1, 0.15) is 232 Å². The van der Waals surface area contributed by atoms with Crippen molar-refractivity contribution in [1.29, 1.82) is 0 Å². The summed E-state index contributed by atoms with van der Waals surface area (Å²) in [5, 5.41) is 0. The summed E-state index contributed by atoms with van der Waals surface area (Å²) < 4.78 is 2.61. The van der Waals surface area contributed by atoms with Gasteiger partial charge in [-0.2, -0.15) is 0 Å². The predicted molar refractivity (Wildman–Crippen MR) is 179 cm³/mol. The zero-order valence-corrected chi connectivity index (χ0v) is 28.3. The van der Waals surface area contributed by atoms with Gasteiger partial charge in [0.25, 0.3) is 5.82 Å². The first-order valence-corrected chi connectivity index (χ1v) is 18.8. The van der Waals surface area contributed by atoms with E-state index in [1.165, 1.54) is 192 Å². The second-order valence-corrected chi connectivity index (χ2v) is 13.3. The summed E-state index contributed by atoms with van der Waals surface area (Å²) in [6.07, 6.45) is 45.7. The maximum absolute atomic E-state index is 3.71. The summed E-state index contributed by atoms with van der Waals surface area (Å²) in [6.45, 7) is 9.41. The van der Waals surface area contributed by atoms with Gasteiger partial charge in [-0.05, 0) is 32.6 Å². The lowest BCUT2D eigenvalue weighted by molar-refractivity contribution is -0.727. The molecular formula is C38H75N2+. The number of imidazole rings is 1. The average molecular weight is 560 g/mol. The molecule has 0 saturated carbocycles. The van der Waals surface area contributed by atoms with Crippen molar-refractivity contribution in [2.24, 2.45) is 0 Å². The van der Waals surface area contributed by atoms with Crippen molar-refractivity contribution in [3.8, 4) is 0 Å². The minimum atomic E-state index is 0.621. The Kier molecular flexibility index (Phi) is 26.4. The molecule has 1 aromatic rings. The predicted octanol–water partition coefficient (Wildman–Crippen LogP) is 13.3. The van der Waals surface area contributed by atoms with Crippen molar-refractivity contribution >= 4 is 0 Å². The molecular weight excluding hydrogens is 484 g/mol. The van der Waals surface area contributed by atoms with Gasteiger partial charge in [-0.3, -0.25) is 0 Å². The number of aromatic nitrogens is 2. The minimum absolute atomic E-state index is 0.621. The highest BCUT2D eigenvalue weighted by molar-refractivity contribution is 4.90. The van der Waals surface area contributed by atoms with E-state index in [1.54, 1.807) is 0 Å². The van der Waals surface area contributed by atoms with Gasteiger partial charge in [-0.1, -0.05) is 181 Å². The standard InChI is InChI=1S/C38H74N2/c1-5-8-11-13-15-17-18-19-20-21-22-23-25-27-30-33-37(32-28-10-7-3)38-39-34-35-40(38)36(4)31-29-26-24-16-14-12-9-6-2/h34-37H,5-33H2,1-4H3/p+1. The smallest absolute Gasteiger partial charge is 0.247 e. The Morgan fingerprint density at radius 3 is 1.23 bits per heavy atom. The van der Waals surface area contributed by atoms with E-state index in [9.17, 15) is 0 Å². The lowest BCUT2D eigenvalue weighted by Crippen LogP contribution is -2.41. The number of nitrogens with one attached hydrogen (secondary N) is 1. The van der Waals surface area contributed by atoms with E-state index >= 15 is 0 Å². The third-order valence-electron chi connectivity index (χ3n) is 9.39. The van der Waals surface area contributed by atoms with Crippen LogP contribution in [0.3, 0.4) is 0 Å².